The number of rotatable bonds is 41. The van der Waals surface area contributed by atoms with Crippen LogP contribution in [0.15, 0.2) is 24.3 Å². The molecule has 6 nitrogen and oxygen atoms in total. The van der Waals surface area contributed by atoms with Gasteiger partial charge >= 0.3 is 5.97 Å². The molecule has 0 saturated carbocycles. The van der Waals surface area contributed by atoms with Crippen LogP contribution in [0.4, 0.5) is 0 Å². The van der Waals surface area contributed by atoms with E-state index in [4.69, 9.17) is 4.74 Å². The van der Waals surface area contributed by atoms with Gasteiger partial charge in [-0.15, -0.1) is 0 Å². The topological polar surface area (TPSA) is 95.9 Å². The van der Waals surface area contributed by atoms with Crippen molar-refractivity contribution in [1.82, 2.24) is 5.32 Å². The summed E-state index contributed by atoms with van der Waals surface area (Å²) >= 11 is 0. The Labute approximate surface area is 322 Å². The molecule has 0 aliphatic heterocycles. The lowest BCUT2D eigenvalue weighted by atomic mass is 10.0. The summed E-state index contributed by atoms with van der Waals surface area (Å²) in [7, 11) is 0. The lowest BCUT2D eigenvalue weighted by Gasteiger charge is -2.22. The molecule has 0 aromatic heterocycles. The lowest BCUT2D eigenvalue weighted by molar-refractivity contribution is -0.143. The predicted octanol–water partition coefficient (Wildman–Crippen LogP) is 12.8. The first kappa shape index (κ1) is 50.3. The number of unbranched alkanes of at least 4 members (excludes halogenated alkanes) is 26. The Balaban J connectivity index is 3.51. The van der Waals surface area contributed by atoms with Crippen LogP contribution in [-0.4, -0.2) is 47.4 Å². The highest BCUT2D eigenvalue weighted by atomic mass is 16.5. The van der Waals surface area contributed by atoms with Crippen molar-refractivity contribution in [3.8, 4) is 0 Å². The molecule has 2 atom stereocenters. The highest BCUT2D eigenvalue weighted by Gasteiger charge is 2.20. The number of carbonyl (C=O) groups is 2. The molecule has 0 bridgehead atoms. The Bertz CT molecular complexity index is 813. The number of allylic oxidation sites excluding steroid dienone is 4. The highest BCUT2D eigenvalue weighted by Crippen LogP contribution is 2.14. The average Bonchev–Trinajstić information content (AvgIpc) is 3.14. The SMILES string of the molecule is CCCCCCCC/C=C\CCCCCCCC(=O)OCCCC/C=C\CCCCCCCC(=O)NC(CO)C(O)CCCCCCCCCCC. The first-order valence-corrected chi connectivity index (χ1v) is 22.6. The fraction of sp³-hybridized carbons (Fsp3) is 0.870. The molecule has 3 N–H and O–H groups in total. The molecule has 0 aromatic rings. The quantitative estimate of drug-likeness (QED) is 0.0330. The molecule has 0 fully saturated rings. The smallest absolute Gasteiger partial charge is 0.305 e. The number of amides is 1. The van der Waals surface area contributed by atoms with Crippen molar-refractivity contribution in [1.29, 1.82) is 0 Å². The maximum absolute atomic E-state index is 12.3. The molecular formula is C46H87NO5. The van der Waals surface area contributed by atoms with Gasteiger partial charge in [-0.3, -0.25) is 9.59 Å². The molecule has 2 unspecified atom stereocenters. The van der Waals surface area contributed by atoms with Crippen molar-refractivity contribution in [2.45, 2.75) is 244 Å². The molecule has 0 radical (unpaired) electrons. The van der Waals surface area contributed by atoms with Crippen LogP contribution in [0.3, 0.4) is 0 Å². The zero-order valence-electron chi connectivity index (χ0n) is 34.5. The summed E-state index contributed by atoms with van der Waals surface area (Å²) in [6.45, 7) is 4.83. The van der Waals surface area contributed by atoms with Gasteiger partial charge in [-0.05, 0) is 77.0 Å². The van der Waals surface area contributed by atoms with Crippen molar-refractivity contribution in [2.75, 3.05) is 13.2 Å². The van der Waals surface area contributed by atoms with Gasteiger partial charge in [0.05, 0.1) is 25.4 Å². The van der Waals surface area contributed by atoms with Gasteiger partial charge in [0, 0.05) is 12.8 Å². The summed E-state index contributed by atoms with van der Waals surface area (Å²) in [6.07, 6.45) is 47.1. The van der Waals surface area contributed by atoms with E-state index in [2.05, 4.69) is 43.5 Å². The van der Waals surface area contributed by atoms with Crippen LogP contribution >= 0.6 is 0 Å². The number of aliphatic hydroxyl groups excluding tert-OH is 2. The number of hydrogen-bond acceptors (Lipinski definition) is 5. The minimum atomic E-state index is -0.680. The maximum atomic E-state index is 12.3. The van der Waals surface area contributed by atoms with E-state index in [1.807, 2.05) is 0 Å². The van der Waals surface area contributed by atoms with Crippen molar-refractivity contribution in [3.63, 3.8) is 0 Å². The molecule has 0 aliphatic carbocycles. The van der Waals surface area contributed by atoms with Gasteiger partial charge < -0.3 is 20.3 Å². The van der Waals surface area contributed by atoms with Gasteiger partial charge in [-0.2, -0.15) is 0 Å². The van der Waals surface area contributed by atoms with E-state index in [-0.39, 0.29) is 18.5 Å². The molecule has 52 heavy (non-hydrogen) atoms. The summed E-state index contributed by atoms with van der Waals surface area (Å²) in [5.74, 6) is -0.108. The first-order chi connectivity index (χ1) is 25.5. The van der Waals surface area contributed by atoms with Gasteiger partial charge in [0.2, 0.25) is 5.91 Å². The third-order valence-corrected chi connectivity index (χ3v) is 10.2. The molecule has 0 aliphatic rings. The second kappa shape index (κ2) is 42.1. The summed E-state index contributed by atoms with van der Waals surface area (Å²) in [6, 6.07) is -0.560. The van der Waals surface area contributed by atoms with Crippen molar-refractivity contribution < 1.29 is 24.5 Å². The Hall–Kier alpha value is -1.66. The predicted molar refractivity (Wildman–Crippen MR) is 223 cm³/mol. The van der Waals surface area contributed by atoms with E-state index in [1.165, 1.54) is 116 Å². The van der Waals surface area contributed by atoms with Crippen LogP contribution < -0.4 is 5.32 Å². The van der Waals surface area contributed by atoms with Gasteiger partial charge in [-0.1, -0.05) is 167 Å². The molecule has 0 rings (SSSR count). The second-order valence-electron chi connectivity index (χ2n) is 15.4. The average molecular weight is 734 g/mol. The van der Waals surface area contributed by atoms with E-state index in [0.29, 0.717) is 25.9 Å². The van der Waals surface area contributed by atoms with Crippen LogP contribution in [0, 0.1) is 0 Å². The zero-order chi connectivity index (χ0) is 38.0. The molecule has 6 heteroatoms. The van der Waals surface area contributed by atoms with Crippen molar-refractivity contribution in [2.24, 2.45) is 0 Å². The Morgan fingerprint density at radius 1 is 0.519 bits per heavy atom. The minimum absolute atomic E-state index is 0.0402. The summed E-state index contributed by atoms with van der Waals surface area (Å²) in [5.41, 5.74) is 0. The van der Waals surface area contributed by atoms with Crippen LogP contribution in [0.25, 0.3) is 0 Å². The standard InChI is InChI=1S/C46H87NO5/c1-3-5-7-9-11-13-14-15-16-17-20-24-28-32-36-40-46(51)52-41-37-33-29-25-21-18-19-23-27-31-35-39-45(50)47-43(42-48)44(49)38-34-30-26-22-12-10-8-6-4-2/h15-16,21,25,43-44,48-49H,3-14,17-20,22-24,26-42H2,1-2H3,(H,47,50)/b16-15-,25-21-. The molecule has 0 aromatic carbocycles. The maximum Gasteiger partial charge on any atom is 0.305 e. The van der Waals surface area contributed by atoms with Gasteiger partial charge in [0.25, 0.3) is 0 Å². The van der Waals surface area contributed by atoms with E-state index in [9.17, 15) is 19.8 Å². The van der Waals surface area contributed by atoms with Gasteiger partial charge in [-0.25, -0.2) is 0 Å². The van der Waals surface area contributed by atoms with E-state index in [0.717, 1.165) is 83.5 Å². The number of ether oxygens (including phenoxy) is 1. The number of nitrogens with one attached hydrogen (secondary N) is 1. The second-order valence-corrected chi connectivity index (χ2v) is 15.4. The monoisotopic (exact) mass is 734 g/mol. The van der Waals surface area contributed by atoms with Crippen molar-refractivity contribution in [3.05, 3.63) is 24.3 Å². The highest BCUT2D eigenvalue weighted by molar-refractivity contribution is 5.76. The summed E-state index contributed by atoms with van der Waals surface area (Å²) in [5, 5.41) is 23.0. The normalized spacial score (nSPS) is 12.9. The largest absolute Gasteiger partial charge is 0.466 e. The fourth-order valence-electron chi connectivity index (χ4n) is 6.68. The van der Waals surface area contributed by atoms with Crippen molar-refractivity contribution >= 4 is 11.9 Å². The van der Waals surface area contributed by atoms with E-state index >= 15 is 0 Å². The third kappa shape index (κ3) is 38.1. The molecule has 0 saturated heterocycles. The van der Waals surface area contributed by atoms with Crippen LogP contribution in [0.1, 0.15) is 232 Å². The Kier molecular flexibility index (Phi) is 40.7. The third-order valence-electron chi connectivity index (χ3n) is 10.2. The number of esters is 1. The molecule has 1 amide bonds. The van der Waals surface area contributed by atoms with E-state index in [1.54, 1.807) is 0 Å². The molecular weight excluding hydrogens is 647 g/mol. The van der Waals surface area contributed by atoms with Gasteiger partial charge in [0.1, 0.15) is 0 Å². The van der Waals surface area contributed by atoms with Crippen LogP contribution in [0.2, 0.25) is 0 Å². The van der Waals surface area contributed by atoms with Gasteiger partial charge in [0.15, 0.2) is 0 Å². The number of hydrogen-bond donors (Lipinski definition) is 3. The Morgan fingerprint density at radius 2 is 0.904 bits per heavy atom. The fourth-order valence-corrected chi connectivity index (χ4v) is 6.68. The molecule has 306 valence electrons. The minimum Gasteiger partial charge on any atom is -0.466 e. The van der Waals surface area contributed by atoms with Crippen LogP contribution in [-0.2, 0) is 14.3 Å². The summed E-state index contributed by atoms with van der Waals surface area (Å²) < 4.78 is 5.42. The van der Waals surface area contributed by atoms with Crippen LogP contribution in [0.5, 0.6) is 0 Å². The first-order valence-electron chi connectivity index (χ1n) is 22.6. The van der Waals surface area contributed by atoms with E-state index < -0.39 is 12.1 Å². The summed E-state index contributed by atoms with van der Waals surface area (Å²) in [4.78, 5) is 24.3. The lowest BCUT2D eigenvalue weighted by Crippen LogP contribution is -2.45. The number of carbonyl (C=O) groups excluding carboxylic acids is 2. The number of aliphatic hydroxyl groups is 2. The zero-order valence-corrected chi connectivity index (χ0v) is 34.5. The molecule has 0 heterocycles. The Morgan fingerprint density at radius 3 is 1.37 bits per heavy atom. The molecule has 0 spiro atoms.